The molecule has 2 aromatic heterocycles. The Bertz CT molecular complexity index is 1330. The van der Waals surface area contributed by atoms with Crippen molar-refractivity contribution >= 4 is 34.5 Å². The minimum atomic E-state index is -0.678. The molecule has 2 aliphatic heterocycles. The maximum atomic E-state index is 13.3. The van der Waals surface area contributed by atoms with E-state index >= 15 is 0 Å². The van der Waals surface area contributed by atoms with Crippen molar-refractivity contribution in [3.8, 4) is 5.75 Å². The van der Waals surface area contributed by atoms with Crippen LogP contribution >= 0.6 is 11.6 Å². The minimum Gasteiger partial charge on any atom is -0.505 e. The number of aromatic hydroxyl groups is 1. The fourth-order valence-electron chi connectivity index (χ4n) is 5.19. The third kappa shape index (κ3) is 5.19. The monoisotopic (exact) mass is 523 g/mol. The second kappa shape index (κ2) is 9.79. The Morgan fingerprint density at radius 3 is 2.68 bits per heavy atom. The number of pyridine rings is 2. The summed E-state index contributed by atoms with van der Waals surface area (Å²) in [5.74, 6) is -0.246. The third-order valence-corrected chi connectivity index (χ3v) is 7.12. The first-order valence-corrected chi connectivity index (χ1v) is 12.7. The van der Waals surface area contributed by atoms with E-state index in [1.165, 1.54) is 0 Å². The highest BCUT2D eigenvalue weighted by Crippen LogP contribution is 2.38. The topological polar surface area (TPSA) is 108 Å². The number of ether oxygens (including phenoxy) is 1. The number of hydrogen-bond acceptors (Lipinski definition) is 7. The predicted octanol–water partition coefficient (Wildman–Crippen LogP) is 3.89. The van der Waals surface area contributed by atoms with E-state index in [4.69, 9.17) is 16.3 Å². The Labute approximate surface area is 220 Å². The summed E-state index contributed by atoms with van der Waals surface area (Å²) in [5, 5.41) is 15.2. The SMILES string of the molecule is CC(C)(C)OC(=O)N1CC2CC1CN2CC(=O)NC(c1cccnc1)c1cc(Cl)c2cccnc2c1O. The van der Waals surface area contributed by atoms with Gasteiger partial charge in [0, 0.05) is 54.7 Å². The van der Waals surface area contributed by atoms with Crippen LogP contribution in [0.1, 0.15) is 44.4 Å². The highest BCUT2D eigenvalue weighted by atomic mass is 35.5. The molecule has 37 heavy (non-hydrogen) atoms. The summed E-state index contributed by atoms with van der Waals surface area (Å²) in [5.41, 5.74) is 0.965. The Morgan fingerprint density at radius 1 is 1.22 bits per heavy atom. The molecule has 2 N–H and O–H groups in total. The first kappa shape index (κ1) is 25.2. The molecule has 0 saturated carbocycles. The van der Waals surface area contributed by atoms with Gasteiger partial charge in [0.15, 0.2) is 0 Å². The van der Waals surface area contributed by atoms with Crippen LogP contribution in [0, 0.1) is 0 Å². The Balaban J connectivity index is 1.33. The number of nitrogens with zero attached hydrogens (tertiary/aromatic N) is 4. The second-order valence-corrected chi connectivity index (χ2v) is 11.0. The summed E-state index contributed by atoms with van der Waals surface area (Å²) in [6.45, 7) is 6.86. The van der Waals surface area contributed by atoms with E-state index < -0.39 is 11.6 Å². The fraction of sp³-hybridized carbons (Fsp3) is 0.407. The van der Waals surface area contributed by atoms with Crippen LogP contribution in [-0.4, -0.2) is 74.2 Å². The molecule has 2 aliphatic rings. The van der Waals surface area contributed by atoms with Gasteiger partial charge in [0.05, 0.1) is 17.6 Å². The van der Waals surface area contributed by atoms with E-state index in [0.29, 0.717) is 40.1 Å². The number of hydrogen-bond donors (Lipinski definition) is 2. The van der Waals surface area contributed by atoms with Crippen molar-refractivity contribution < 1.29 is 19.4 Å². The van der Waals surface area contributed by atoms with Gasteiger partial charge in [-0.15, -0.1) is 0 Å². The molecule has 0 spiro atoms. The van der Waals surface area contributed by atoms with E-state index in [9.17, 15) is 14.7 Å². The Hall–Kier alpha value is -3.43. The van der Waals surface area contributed by atoms with Gasteiger partial charge in [-0.05, 0) is 57.0 Å². The molecule has 2 fully saturated rings. The molecule has 0 aliphatic carbocycles. The molecule has 4 heterocycles. The first-order chi connectivity index (χ1) is 17.6. The molecule has 10 heteroatoms. The zero-order valence-electron chi connectivity index (χ0n) is 21.0. The van der Waals surface area contributed by atoms with Crippen LogP contribution in [0.2, 0.25) is 5.02 Å². The summed E-state index contributed by atoms with van der Waals surface area (Å²) in [6.07, 6.45) is 5.39. The number of rotatable bonds is 5. The van der Waals surface area contributed by atoms with Gasteiger partial charge < -0.3 is 20.1 Å². The lowest BCUT2D eigenvalue weighted by atomic mass is 9.97. The Kier molecular flexibility index (Phi) is 6.68. The summed E-state index contributed by atoms with van der Waals surface area (Å²) >= 11 is 6.53. The number of amides is 2. The zero-order chi connectivity index (χ0) is 26.3. The lowest BCUT2D eigenvalue weighted by molar-refractivity contribution is -0.123. The lowest BCUT2D eigenvalue weighted by Gasteiger charge is -2.35. The molecule has 3 aromatic rings. The van der Waals surface area contributed by atoms with E-state index in [0.717, 1.165) is 6.42 Å². The minimum absolute atomic E-state index is 0.0242. The standard InChI is InChI=1S/C27H30ClN5O4/c1-27(2,3)37-26(36)33-14-17-10-18(33)13-32(17)15-22(34)31-23(16-6-4-8-29-12-16)20-11-21(28)19-7-5-9-30-24(19)25(20)35/h4-9,11-12,17-18,23,35H,10,13-15H2,1-3H3,(H,31,34). The summed E-state index contributed by atoms with van der Waals surface area (Å²) in [4.78, 5) is 38.2. The summed E-state index contributed by atoms with van der Waals surface area (Å²) in [7, 11) is 0. The molecule has 9 nitrogen and oxygen atoms in total. The smallest absolute Gasteiger partial charge is 0.410 e. The van der Waals surface area contributed by atoms with Gasteiger partial charge in [0.1, 0.15) is 16.9 Å². The van der Waals surface area contributed by atoms with Crippen LogP contribution < -0.4 is 5.32 Å². The number of carbonyl (C=O) groups excluding carboxylic acids is 2. The van der Waals surface area contributed by atoms with Crippen molar-refractivity contribution in [3.63, 3.8) is 0 Å². The average Bonchev–Trinajstić information content (AvgIpc) is 3.45. The second-order valence-electron chi connectivity index (χ2n) is 10.6. The highest BCUT2D eigenvalue weighted by molar-refractivity contribution is 6.35. The number of carbonyl (C=O) groups is 2. The van der Waals surface area contributed by atoms with E-state index in [1.807, 2.05) is 26.8 Å². The molecule has 2 saturated heterocycles. The summed E-state index contributed by atoms with van der Waals surface area (Å²) in [6, 6.07) is 8.25. The van der Waals surface area contributed by atoms with Gasteiger partial charge in [0.25, 0.3) is 0 Å². The lowest BCUT2D eigenvalue weighted by Crippen LogP contribution is -2.52. The number of benzene rings is 1. The third-order valence-electron chi connectivity index (χ3n) is 6.81. The molecule has 2 bridgehead atoms. The van der Waals surface area contributed by atoms with Gasteiger partial charge in [-0.3, -0.25) is 19.7 Å². The van der Waals surface area contributed by atoms with Crippen LogP contribution in [0.5, 0.6) is 5.75 Å². The van der Waals surface area contributed by atoms with Crippen LogP contribution in [0.3, 0.4) is 0 Å². The molecule has 5 rings (SSSR count). The number of halogens is 1. The first-order valence-electron chi connectivity index (χ1n) is 12.3. The van der Waals surface area contributed by atoms with E-state index in [-0.39, 0.29) is 36.4 Å². The quantitative estimate of drug-likeness (QED) is 0.522. The van der Waals surface area contributed by atoms with Crippen LogP contribution in [0.4, 0.5) is 4.79 Å². The highest BCUT2D eigenvalue weighted by Gasteiger charge is 2.47. The predicted molar refractivity (Wildman–Crippen MR) is 139 cm³/mol. The molecule has 1 aromatic carbocycles. The van der Waals surface area contributed by atoms with Crippen molar-refractivity contribution in [1.82, 2.24) is 25.1 Å². The van der Waals surface area contributed by atoms with Crippen molar-refractivity contribution in [3.05, 3.63) is 65.1 Å². The molecule has 3 atom stereocenters. The van der Waals surface area contributed by atoms with Crippen LogP contribution in [-0.2, 0) is 9.53 Å². The number of nitrogens with one attached hydrogen (secondary N) is 1. The number of aromatic nitrogens is 2. The molecular formula is C27H30ClN5O4. The van der Waals surface area contributed by atoms with Crippen molar-refractivity contribution in [2.45, 2.75) is 50.9 Å². The maximum absolute atomic E-state index is 13.3. The number of fused-ring (bicyclic) bond motifs is 3. The van der Waals surface area contributed by atoms with Crippen molar-refractivity contribution in [2.75, 3.05) is 19.6 Å². The number of piperazine rings is 1. The van der Waals surface area contributed by atoms with Crippen LogP contribution in [0.25, 0.3) is 10.9 Å². The van der Waals surface area contributed by atoms with Crippen molar-refractivity contribution in [2.24, 2.45) is 0 Å². The van der Waals surface area contributed by atoms with Gasteiger partial charge in [0.2, 0.25) is 5.91 Å². The number of phenols is 1. The average molecular weight is 524 g/mol. The fourth-order valence-corrected chi connectivity index (χ4v) is 5.46. The van der Waals surface area contributed by atoms with Crippen molar-refractivity contribution in [1.29, 1.82) is 0 Å². The van der Waals surface area contributed by atoms with Gasteiger partial charge >= 0.3 is 6.09 Å². The van der Waals surface area contributed by atoms with Gasteiger partial charge in [-0.1, -0.05) is 17.7 Å². The number of likely N-dealkylation sites (tertiary alicyclic amines) is 2. The van der Waals surface area contributed by atoms with Gasteiger partial charge in [-0.25, -0.2) is 4.79 Å². The molecule has 2 amide bonds. The molecule has 3 unspecified atom stereocenters. The normalized spacial score (nSPS) is 20.3. The van der Waals surface area contributed by atoms with Gasteiger partial charge in [-0.2, -0.15) is 0 Å². The maximum Gasteiger partial charge on any atom is 0.410 e. The molecule has 0 radical (unpaired) electrons. The molecular weight excluding hydrogens is 494 g/mol. The molecule has 194 valence electrons. The van der Waals surface area contributed by atoms with E-state index in [2.05, 4.69) is 20.2 Å². The summed E-state index contributed by atoms with van der Waals surface area (Å²) < 4.78 is 5.54. The number of phenolic OH excluding ortho intramolecular Hbond substituents is 1. The van der Waals surface area contributed by atoms with Crippen LogP contribution in [0.15, 0.2) is 48.9 Å². The Morgan fingerprint density at radius 2 is 2.00 bits per heavy atom. The zero-order valence-corrected chi connectivity index (χ0v) is 21.8. The largest absolute Gasteiger partial charge is 0.505 e. The van der Waals surface area contributed by atoms with E-state index in [1.54, 1.807) is 47.8 Å².